The molecule has 0 saturated carbocycles. The van der Waals surface area contributed by atoms with E-state index in [2.05, 4.69) is 25.6 Å². The number of H-pyrrole nitrogens is 1. The average molecular weight is 444 g/mol. The van der Waals surface area contributed by atoms with E-state index in [1.165, 1.54) is 0 Å². The van der Waals surface area contributed by atoms with Crippen LogP contribution < -0.4 is 10.6 Å². The first kappa shape index (κ1) is 21.3. The number of nitrogens with zero attached hydrogens (tertiary/aromatic N) is 2. The number of hydrogen-bond donors (Lipinski definition) is 3. The van der Waals surface area contributed by atoms with E-state index in [9.17, 15) is 4.79 Å². The van der Waals surface area contributed by atoms with Crippen molar-refractivity contribution in [1.29, 1.82) is 0 Å². The average Bonchev–Trinajstić information content (AvgIpc) is 3.34. The molecule has 0 aliphatic carbocycles. The topological polar surface area (TPSA) is 82.2 Å². The number of rotatable bonds is 6. The summed E-state index contributed by atoms with van der Waals surface area (Å²) in [5, 5.41) is 6.77. The van der Waals surface area contributed by atoms with Crippen LogP contribution in [0.3, 0.4) is 0 Å². The lowest BCUT2D eigenvalue weighted by Gasteiger charge is -2.15. The molecule has 0 atom stereocenters. The minimum Gasteiger partial charge on any atom is -0.348 e. The van der Waals surface area contributed by atoms with Gasteiger partial charge in [-0.1, -0.05) is 60.1 Å². The fourth-order valence-corrected chi connectivity index (χ4v) is 3.32. The van der Waals surface area contributed by atoms with E-state index in [1.54, 1.807) is 36.8 Å². The maximum absolute atomic E-state index is 12.8. The highest BCUT2D eigenvalue weighted by Gasteiger charge is 2.12. The van der Waals surface area contributed by atoms with E-state index in [0.29, 0.717) is 29.5 Å². The minimum atomic E-state index is -0.272. The number of anilines is 1. The Hall–Kier alpha value is -3.90. The monoisotopic (exact) mass is 443 g/mol. The van der Waals surface area contributed by atoms with E-state index in [1.807, 2.05) is 54.6 Å². The van der Waals surface area contributed by atoms with Gasteiger partial charge in [0, 0.05) is 46.7 Å². The first-order valence-electron chi connectivity index (χ1n) is 10.2. The molecule has 160 valence electrons. The molecule has 4 aromatic rings. The lowest BCUT2D eigenvalue weighted by molar-refractivity contribution is 0.0977. The zero-order valence-corrected chi connectivity index (χ0v) is 18.0. The van der Waals surface area contributed by atoms with Crippen LogP contribution in [0.25, 0.3) is 11.1 Å². The number of aromatic amines is 1. The van der Waals surface area contributed by atoms with Gasteiger partial charge in [-0.15, -0.1) is 0 Å². The predicted molar refractivity (Wildman–Crippen MR) is 129 cm³/mol. The zero-order valence-electron chi connectivity index (χ0n) is 17.3. The van der Waals surface area contributed by atoms with Crippen molar-refractivity contribution in [2.75, 3.05) is 11.9 Å². The number of carbonyl (C=O) groups is 1. The lowest BCUT2D eigenvalue weighted by Crippen LogP contribution is -2.36. The molecular weight excluding hydrogens is 422 g/mol. The molecule has 4 rings (SSSR count). The van der Waals surface area contributed by atoms with Gasteiger partial charge in [-0.25, -0.2) is 4.98 Å². The second-order valence-corrected chi connectivity index (χ2v) is 7.49. The Balaban J connectivity index is 1.58. The molecule has 0 bridgehead atoms. The molecule has 0 saturated heterocycles. The Morgan fingerprint density at radius 2 is 1.72 bits per heavy atom. The predicted octanol–water partition coefficient (Wildman–Crippen LogP) is 5.17. The van der Waals surface area contributed by atoms with Crippen molar-refractivity contribution < 1.29 is 4.79 Å². The number of halogens is 1. The van der Waals surface area contributed by atoms with Gasteiger partial charge in [0.05, 0.1) is 6.33 Å². The van der Waals surface area contributed by atoms with Crippen molar-refractivity contribution in [2.45, 2.75) is 6.42 Å². The second kappa shape index (κ2) is 10.4. The van der Waals surface area contributed by atoms with Crippen LogP contribution in [0, 0.1) is 0 Å². The van der Waals surface area contributed by atoms with Gasteiger partial charge >= 0.3 is 0 Å². The Bertz CT molecular complexity index is 1190. The van der Waals surface area contributed by atoms with Gasteiger partial charge in [0.2, 0.25) is 5.96 Å². The molecule has 3 aromatic carbocycles. The van der Waals surface area contributed by atoms with Gasteiger partial charge in [0.15, 0.2) is 0 Å². The molecule has 7 heteroatoms. The smallest absolute Gasteiger partial charge is 0.257 e. The molecule has 3 N–H and O–H groups in total. The van der Waals surface area contributed by atoms with Crippen molar-refractivity contribution >= 4 is 29.2 Å². The number of aliphatic imine (C=N–C) groups is 1. The molecule has 0 fully saturated rings. The van der Waals surface area contributed by atoms with Crippen LogP contribution in [0.2, 0.25) is 5.02 Å². The molecule has 1 amide bonds. The van der Waals surface area contributed by atoms with Crippen molar-refractivity contribution in [3.8, 4) is 11.1 Å². The van der Waals surface area contributed by atoms with Crippen molar-refractivity contribution in [3.63, 3.8) is 0 Å². The third-order valence-corrected chi connectivity index (χ3v) is 5.06. The fraction of sp³-hybridized carbons (Fsp3) is 0.0800. The molecule has 6 nitrogen and oxygen atoms in total. The molecule has 0 aliphatic rings. The largest absolute Gasteiger partial charge is 0.348 e. The second-order valence-electron chi connectivity index (χ2n) is 7.05. The minimum absolute atomic E-state index is 0.272. The number of para-hydroxylation sites is 1. The van der Waals surface area contributed by atoms with Gasteiger partial charge in [0.25, 0.3) is 5.91 Å². The third-order valence-electron chi connectivity index (χ3n) is 4.81. The number of guanidine groups is 1. The molecule has 0 aliphatic heterocycles. The number of benzene rings is 3. The van der Waals surface area contributed by atoms with Crippen molar-refractivity contribution in [2.24, 2.45) is 4.99 Å². The van der Waals surface area contributed by atoms with Crippen LogP contribution in [-0.2, 0) is 6.42 Å². The van der Waals surface area contributed by atoms with Crippen LogP contribution in [-0.4, -0.2) is 28.4 Å². The number of imidazole rings is 1. The van der Waals surface area contributed by atoms with Crippen LogP contribution >= 0.6 is 11.6 Å². The van der Waals surface area contributed by atoms with Crippen LogP contribution in [0.15, 0.2) is 96.4 Å². The maximum atomic E-state index is 12.8. The molecule has 1 heterocycles. The number of nitrogens with one attached hydrogen (secondary N) is 3. The maximum Gasteiger partial charge on any atom is 0.257 e. The SMILES string of the molecule is O=C(NC(=NCCc1cnc[nH]1)Nc1ccccc1-c1ccccc1)c1ccc(Cl)cc1. The van der Waals surface area contributed by atoms with E-state index >= 15 is 0 Å². The van der Waals surface area contributed by atoms with E-state index in [0.717, 1.165) is 22.5 Å². The number of hydrogen-bond acceptors (Lipinski definition) is 3. The fourth-order valence-electron chi connectivity index (χ4n) is 3.19. The van der Waals surface area contributed by atoms with Gasteiger partial charge in [0.1, 0.15) is 0 Å². The van der Waals surface area contributed by atoms with Gasteiger partial charge < -0.3 is 10.3 Å². The third kappa shape index (κ3) is 5.62. The summed E-state index contributed by atoms with van der Waals surface area (Å²) in [6.45, 7) is 0.471. The zero-order chi connectivity index (χ0) is 22.2. The molecule has 1 aromatic heterocycles. The summed E-state index contributed by atoms with van der Waals surface area (Å²) < 4.78 is 0. The van der Waals surface area contributed by atoms with Gasteiger partial charge in [-0.05, 0) is 35.9 Å². The highest BCUT2D eigenvalue weighted by Crippen LogP contribution is 2.27. The number of aromatic nitrogens is 2. The van der Waals surface area contributed by atoms with Crippen molar-refractivity contribution in [1.82, 2.24) is 15.3 Å². The summed E-state index contributed by atoms with van der Waals surface area (Å²) in [6.07, 6.45) is 4.07. The molecule has 0 unspecified atom stereocenters. The Kier molecular flexibility index (Phi) is 6.94. The Labute approximate surface area is 191 Å². The molecule has 32 heavy (non-hydrogen) atoms. The van der Waals surface area contributed by atoms with Crippen LogP contribution in [0.1, 0.15) is 16.1 Å². The van der Waals surface area contributed by atoms with Crippen molar-refractivity contribution in [3.05, 3.63) is 108 Å². The normalized spacial score (nSPS) is 11.2. The summed E-state index contributed by atoms with van der Waals surface area (Å²) in [7, 11) is 0. The lowest BCUT2D eigenvalue weighted by atomic mass is 10.0. The molecule has 0 spiro atoms. The standard InChI is InChI=1S/C25H22ClN5O/c26-20-12-10-19(11-13-20)24(32)31-25(28-15-14-21-16-27-17-29-21)30-23-9-5-4-8-22(23)18-6-2-1-3-7-18/h1-13,16-17H,14-15H2,(H,27,29)(H2,28,30,31,32). The summed E-state index contributed by atoms with van der Waals surface area (Å²) in [5.74, 6) is 0.0968. The Morgan fingerprint density at radius 3 is 2.47 bits per heavy atom. The molecular formula is C25H22ClN5O. The summed E-state index contributed by atoms with van der Waals surface area (Å²) >= 11 is 5.95. The van der Waals surface area contributed by atoms with Gasteiger partial charge in [-0.2, -0.15) is 0 Å². The van der Waals surface area contributed by atoms with Crippen LogP contribution in [0.4, 0.5) is 5.69 Å². The Morgan fingerprint density at radius 1 is 0.969 bits per heavy atom. The first-order chi connectivity index (χ1) is 15.7. The number of amides is 1. The summed E-state index contributed by atoms with van der Waals surface area (Å²) in [4.78, 5) is 24.5. The summed E-state index contributed by atoms with van der Waals surface area (Å²) in [5.41, 5.74) is 4.39. The van der Waals surface area contributed by atoms with E-state index in [4.69, 9.17) is 11.6 Å². The van der Waals surface area contributed by atoms with E-state index < -0.39 is 0 Å². The van der Waals surface area contributed by atoms with Crippen LogP contribution in [0.5, 0.6) is 0 Å². The highest BCUT2D eigenvalue weighted by atomic mass is 35.5. The van der Waals surface area contributed by atoms with E-state index in [-0.39, 0.29) is 5.91 Å². The summed E-state index contributed by atoms with van der Waals surface area (Å²) in [6, 6.07) is 24.7. The number of carbonyl (C=O) groups excluding carboxylic acids is 1. The van der Waals surface area contributed by atoms with Gasteiger partial charge in [-0.3, -0.25) is 15.1 Å². The molecule has 0 radical (unpaired) electrons. The quantitative estimate of drug-likeness (QED) is 0.284. The highest BCUT2D eigenvalue weighted by molar-refractivity contribution is 6.30. The first-order valence-corrected chi connectivity index (χ1v) is 10.6.